The SMILES string of the molecule is O=c1[nH]c(SCc2cccc(Cl)c2)nc2c(-c3ccc(Br)cc3)cnn12. The van der Waals surface area contributed by atoms with Crippen molar-refractivity contribution in [1.29, 1.82) is 0 Å². The number of aromatic amines is 1. The van der Waals surface area contributed by atoms with Crippen LogP contribution < -0.4 is 5.69 Å². The van der Waals surface area contributed by atoms with E-state index in [0.29, 0.717) is 21.6 Å². The molecule has 0 radical (unpaired) electrons. The van der Waals surface area contributed by atoms with Gasteiger partial charge in [-0.05, 0) is 35.4 Å². The molecule has 0 aliphatic carbocycles. The molecule has 0 aliphatic heterocycles. The molecule has 2 aromatic carbocycles. The van der Waals surface area contributed by atoms with Gasteiger partial charge in [0.25, 0.3) is 0 Å². The van der Waals surface area contributed by atoms with Gasteiger partial charge in [-0.3, -0.25) is 4.98 Å². The van der Waals surface area contributed by atoms with E-state index in [-0.39, 0.29) is 5.69 Å². The van der Waals surface area contributed by atoms with Gasteiger partial charge in [-0.15, -0.1) is 0 Å². The zero-order valence-corrected chi connectivity index (χ0v) is 16.5. The molecule has 0 amide bonds. The van der Waals surface area contributed by atoms with Crippen molar-refractivity contribution in [2.75, 3.05) is 0 Å². The molecular formula is C18H12BrClN4OS. The van der Waals surface area contributed by atoms with E-state index >= 15 is 0 Å². The zero-order chi connectivity index (χ0) is 18.1. The average Bonchev–Trinajstić information content (AvgIpc) is 3.05. The highest BCUT2D eigenvalue weighted by molar-refractivity contribution is 9.10. The van der Waals surface area contributed by atoms with E-state index < -0.39 is 0 Å². The van der Waals surface area contributed by atoms with Crippen LogP contribution in [0, 0.1) is 0 Å². The van der Waals surface area contributed by atoms with Crippen LogP contribution >= 0.6 is 39.3 Å². The van der Waals surface area contributed by atoms with Crippen LogP contribution in [0.3, 0.4) is 0 Å². The van der Waals surface area contributed by atoms with E-state index in [1.54, 1.807) is 6.20 Å². The quantitative estimate of drug-likeness (QED) is 0.457. The topological polar surface area (TPSA) is 63.0 Å². The van der Waals surface area contributed by atoms with E-state index in [1.165, 1.54) is 16.3 Å². The second-order valence-corrected chi connectivity index (χ2v) is 7.88. The molecule has 1 N–H and O–H groups in total. The third-order valence-electron chi connectivity index (χ3n) is 3.78. The van der Waals surface area contributed by atoms with Gasteiger partial charge in [0.15, 0.2) is 10.8 Å². The Morgan fingerprint density at radius 2 is 2.00 bits per heavy atom. The van der Waals surface area contributed by atoms with Crippen molar-refractivity contribution in [2.45, 2.75) is 10.9 Å². The summed E-state index contributed by atoms with van der Waals surface area (Å²) in [6.45, 7) is 0. The first-order valence-electron chi connectivity index (χ1n) is 7.71. The maximum atomic E-state index is 12.3. The highest BCUT2D eigenvalue weighted by Crippen LogP contribution is 2.26. The van der Waals surface area contributed by atoms with Crippen LogP contribution in [-0.2, 0) is 5.75 Å². The molecule has 8 heteroatoms. The summed E-state index contributed by atoms with van der Waals surface area (Å²) >= 11 is 10.9. The van der Waals surface area contributed by atoms with Gasteiger partial charge in [0.2, 0.25) is 0 Å². The summed E-state index contributed by atoms with van der Waals surface area (Å²) in [6.07, 6.45) is 1.66. The van der Waals surface area contributed by atoms with E-state index in [4.69, 9.17) is 11.6 Å². The molecule has 4 rings (SSSR count). The molecule has 0 spiro atoms. The summed E-state index contributed by atoms with van der Waals surface area (Å²) < 4.78 is 2.27. The number of halogens is 2. The third-order valence-corrected chi connectivity index (χ3v) is 5.49. The van der Waals surface area contributed by atoms with Crippen LogP contribution in [0.2, 0.25) is 5.02 Å². The molecule has 2 heterocycles. The van der Waals surface area contributed by atoms with Crippen LogP contribution in [0.25, 0.3) is 16.8 Å². The third kappa shape index (κ3) is 3.56. The van der Waals surface area contributed by atoms with Gasteiger partial charge < -0.3 is 0 Å². The zero-order valence-electron chi connectivity index (χ0n) is 13.3. The van der Waals surface area contributed by atoms with Crippen molar-refractivity contribution in [3.8, 4) is 11.1 Å². The summed E-state index contributed by atoms with van der Waals surface area (Å²) in [5.41, 5.74) is 3.04. The minimum absolute atomic E-state index is 0.313. The van der Waals surface area contributed by atoms with Gasteiger partial charge in [-0.25, -0.2) is 9.78 Å². The Hall–Kier alpha value is -2.09. The Morgan fingerprint density at radius 3 is 2.77 bits per heavy atom. The maximum absolute atomic E-state index is 12.3. The number of H-pyrrole nitrogens is 1. The molecule has 0 saturated heterocycles. The number of fused-ring (bicyclic) bond motifs is 1. The summed E-state index contributed by atoms with van der Waals surface area (Å²) in [7, 11) is 0. The van der Waals surface area contributed by atoms with Gasteiger partial charge in [0.1, 0.15) is 0 Å². The number of hydrogen-bond donors (Lipinski definition) is 1. The molecule has 5 nitrogen and oxygen atoms in total. The van der Waals surface area contributed by atoms with Crippen LogP contribution in [0.15, 0.2) is 69.2 Å². The van der Waals surface area contributed by atoms with Crippen molar-refractivity contribution in [1.82, 2.24) is 19.6 Å². The van der Waals surface area contributed by atoms with Gasteiger partial charge in [0, 0.05) is 20.8 Å². The predicted octanol–water partition coefficient (Wildman–Crippen LogP) is 4.79. The van der Waals surface area contributed by atoms with Gasteiger partial charge in [0.05, 0.1) is 6.20 Å². The lowest BCUT2D eigenvalue weighted by molar-refractivity contribution is 0.786. The first kappa shape index (κ1) is 17.3. The van der Waals surface area contributed by atoms with Gasteiger partial charge in [-0.1, -0.05) is 63.6 Å². The molecule has 0 atom stereocenters. The maximum Gasteiger partial charge on any atom is 0.350 e. The van der Waals surface area contributed by atoms with E-state index in [2.05, 4.69) is 31.0 Å². The molecule has 0 unspecified atom stereocenters. The summed E-state index contributed by atoms with van der Waals surface area (Å²) in [4.78, 5) is 19.7. The van der Waals surface area contributed by atoms with Crippen LogP contribution in [-0.4, -0.2) is 19.6 Å². The Bertz CT molecular complexity index is 1140. The number of nitrogens with zero attached hydrogens (tertiary/aromatic N) is 3. The fraction of sp³-hybridized carbons (Fsp3) is 0.0556. The molecule has 0 aliphatic rings. The average molecular weight is 448 g/mol. The minimum atomic E-state index is -0.313. The molecule has 26 heavy (non-hydrogen) atoms. The molecule has 4 aromatic rings. The Labute approximate surface area is 166 Å². The highest BCUT2D eigenvalue weighted by atomic mass is 79.9. The van der Waals surface area contributed by atoms with Crippen LogP contribution in [0.1, 0.15) is 5.56 Å². The van der Waals surface area contributed by atoms with Crippen molar-refractivity contribution in [2.24, 2.45) is 0 Å². The molecule has 0 saturated carbocycles. The Kier molecular flexibility index (Phi) is 4.84. The van der Waals surface area contributed by atoms with Crippen LogP contribution in [0.5, 0.6) is 0 Å². The number of nitrogens with one attached hydrogen (secondary N) is 1. The first-order chi connectivity index (χ1) is 12.6. The second kappa shape index (κ2) is 7.26. The summed E-state index contributed by atoms with van der Waals surface area (Å²) in [5.74, 6) is 0.654. The molecular weight excluding hydrogens is 436 g/mol. The number of hydrogen-bond acceptors (Lipinski definition) is 4. The van der Waals surface area contributed by atoms with Crippen molar-refractivity contribution >= 4 is 44.9 Å². The number of rotatable bonds is 4. The van der Waals surface area contributed by atoms with E-state index in [0.717, 1.165) is 21.2 Å². The highest BCUT2D eigenvalue weighted by Gasteiger charge is 2.12. The van der Waals surface area contributed by atoms with E-state index in [1.807, 2.05) is 48.5 Å². The van der Waals surface area contributed by atoms with Crippen molar-refractivity contribution < 1.29 is 0 Å². The van der Waals surface area contributed by atoms with Crippen molar-refractivity contribution in [3.63, 3.8) is 0 Å². The molecule has 0 bridgehead atoms. The Balaban J connectivity index is 1.69. The smallest absolute Gasteiger partial charge is 0.285 e. The molecule has 0 fully saturated rings. The van der Waals surface area contributed by atoms with Crippen molar-refractivity contribution in [3.05, 3.63) is 80.3 Å². The largest absolute Gasteiger partial charge is 0.350 e. The predicted molar refractivity (Wildman–Crippen MR) is 108 cm³/mol. The number of benzene rings is 2. The summed E-state index contributed by atoms with van der Waals surface area (Å²) in [6, 6.07) is 15.4. The minimum Gasteiger partial charge on any atom is -0.285 e. The standard InChI is InChI=1S/C18H12BrClN4OS/c19-13-6-4-12(5-7-13)15-9-21-24-16(15)22-17(23-18(24)25)26-10-11-2-1-3-14(20)8-11/h1-9H,10H2,(H,22,23,25). The first-order valence-corrected chi connectivity index (χ1v) is 9.87. The normalized spacial score (nSPS) is 11.2. The molecule has 130 valence electrons. The lowest BCUT2D eigenvalue weighted by Crippen LogP contribution is -2.19. The lowest BCUT2D eigenvalue weighted by Gasteiger charge is -2.04. The number of aromatic nitrogens is 4. The van der Waals surface area contributed by atoms with E-state index in [9.17, 15) is 4.79 Å². The fourth-order valence-electron chi connectivity index (χ4n) is 2.55. The number of thioether (sulfide) groups is 1. The Morgan fingerprint density at radius 1 is 1.19 bits per heavy atom. The van der Waals surface area contributed by atoms with Gasteiger partial charge in [-0.2, -0.15) is 9.61 Å². The second-order valence-electron chi connectivity index (χ2n) is 5.57. The fourth-order valence-corrected chi connectivity index (χ4v) is 3.82. The van der Waals surface area contributed by atoms with Crippen LogP contribution in [0.4, 0.5) is 0 Å². The lowest BCUT2D eigenvalue weighted by atomic mass is 10.1. The molecule has 2 aromatic heterocycles. The summed E-state index contributed by atoms with van der Waals surface area (Å²) in [5, 5.41) is 5.39. The van der Waals surface area contributed by atoms with Gasteiger partial charge >= 0.3 is 5.69 Å². The monoisotopic (exact) mass is 446 g/mol.